The van der Waals surface area contributed by atoms with Crippen LogP contribution >= 0.6 is 33.9 Å². The zero-order chi connectivity index (χ0) is 15.8. The number of hydrogen-bond acceptors (Lipinski definition) is 4. The molecule has 5 nitrogen and oxygen atoms in total. The number of hydrogen-bond donors (Lipinski definition) is 0. The fraction of sp³-hybridized carbons (Fsp3) is 0.417. The van der Waals surface area contributed by atoms with Crippen LogP contribution in [0.15, 0.2) is 17.0 Å². The lowest BCUT2D eigenvalue weighted by Gasteiger charge is -2.18. The van der Waals surface area contributed by atoms with Crippen LogP contribution in [0.3, 0.4) is 0 Å². The lowest BCUT2D eigenvalue weighted by molar-refractivity contribution is 0.0724. The Hall–Kier alpha value is -0.530. The first-order valence-electron chi connectivity index (χ1n) is 6.00. The van der Waals surface area contributed by atoms with Crippen LogP contribution in [0, 0.1) is 0 Å². The van der Waals surface area contributed by atoms with E-state index in [1.165, 1.54) is 17.0 Å². The van der Waals surface area contributed by atoms with E-state index in [2.05, 4.69) is 0 Å². The highest BCUT2D eigenvalue weighted by atomic mass is 35.7. The van der Waals surface area contributed by atoms with Crippen molar-refractivity contribution in [3.05, 3.63) is 27.7 Å². The van der Waals surface area contributed by atoms with Crippen molar-refractivity contribution in [1.29, 1.82) is 0 Å². The van der Waals surface area contributed by atoms with E-state index in [0.717, 1.165) is 0 Å². The Kier molecular flexibility index (Phi) is 5.05. The van der Waals surface area contributed by atoms with Gasteiger partial charge in [-0.1, -0.05) is 23.2 Å². The topological polar surface area (TPSA) is 63.7 Å². The Morgan fingerprint density at radius 3 is 2.57 bits per heavy atom. The van der Waals surface area contributed by atoms with Gasteiger partial charge in [-0.25, -0.2) is 8.42 Å². The highest BCUT2D eigenvalue weighted by molar-refractivity contribution is 8.13. The molecule has 1 aromatic rings. The summed E-state index contributed by atoms with van der Waals surface area (Å²) in [6, 6.07) is 2.46. The number of nitrogens with zero attached hydrogens (tertiary/aromatic N) is 1. The van der Waals surface area contributed by atoms with Crippen molar-refractivity contribution in [2.24, 2.45) is 0 Å². The van der Waals surface area contributed by atoms with Crippen LogP contribution in [0.25, 0.3) is 0 Å². The molecular formula is C12H12Cl3NO4S. The summed E-state index contributed by atoms with van der Waals surface area (Å²) in [7, 11) is 2.81. The van der Waals surface area contributed by atoms with Gasteiger partial charge in [-0.2, -0.15) is 0 Å². The Morgan fingerprint density at radius 1 is 1.38 bits per heavy atom. The van der Waals surface area contributed by atoms with Crippen LogP contribution in [0.1, 0.15) is 16.8 Å². The van der Waals surface area contributed by atoms with Crippen LogP contribution in [-0.2, 0) is 13.8 Å². The highest BCUT2D eigenvalue weighted by Crippen LogP contribution is 2.34. The standard InChI is InChI=1S/C12H12Cl3NO4S/c1-20-7-4-5-16(6-7)12(17)10-8(13)2-3-9(11(10)14)21(15,18)19/h2-3,7H,4-6H2,1H3. The van der Waals surface area contributed by atoms with E-state index in [0.29, 0.717) is 19.5 Å². The van der Waals surface area contributed by atoms with Gasteiger partial charge < -0.3 is 9.64 Å². The number of ether oxygens (including phenoxy) is 1. The number of likely N-dealkylation sites (tertiary alicyclic amines) is 1. The Balaban J connectivity index is 2.42. The first-order chi connectivity index (χ1) is 9.75. The minimum Gasteiger partial charge on any atom is -0.380 e. The molecule has 0 spiro atoms. The van der Waals surface area contributed by atoms with Gasteiger partial charge in [0.25, 0.3) is 15.0 Å². The molecule has 0 radical (unpaired) electrons. The summed E-state index contributed by atoms with van der Waals surface area (Å²) in [6.07, 6.45) is 0.650. The van der Waals surface area contributed by atoms with Crippen LogP contribution in [0.4, 0.5) is 0 Å². The first kappa shape index (κ1) is 16.8. The molecule has 0 aliphatic carbocycles. The second-order valence-electron chi connectivity index (χ2n) is 4.57. The van der Waals surface area contributed by atoms with Crippen molar-refractivity contribution in [2.45, 2.75) is 17.4 Å². The fourth-order valence-corrected chi connectivity index (χ4v) is 4.07. The summed E-state index contributed by atoms with van der Waals surface area (Å²) in [5, 5.41) is -0.182. The SMILES string of the molecule is COC1CCN(C(=O)c2c(Cl)ccc(S(=O)(=O)Cl)c2Cl)C1. The van der Waals surface area contributed by atoms with E-state index in [1.807, 2.05) is 0 Å². The summed E-state index contributed by atoms with van der Waals surface area (Å²) < 4.78 is 28.1. The van der Waals surface area contributed by atoms with Crippen LogP contribution in [0.5, 0.6) is 0 Å². The molecule has 1 atom stereocenters. The molecule has 116 valence electrons. The molecular weight excluding hydrogens is 361 g/mol. The van der Waals surface area contributed by atoms with Gasteiger partial charge in [0, 0.05) is 30.9 Å². The molecule has 1 aromatic carbocycles. The predicted octanol–water partition coefficient (Wildman–Crippen LogP) is 2.78. The van der Waals surface area contributed by atoms with Gasteiger partial charge in [0.2, 0.25) is 0 Å². The Morgan fingerprint density at radius 2 is 2.05 bits per heavy atom. The molecule has 21 heavy (non-hydrogen) atoms. The molecule has 1 heterocycles. The van der Waals surface area contributed by atoms with Gasteiger partial charge in [0.1, 0.15) is 4.90 Å². The van der Waals surface area contributed by atoms with Gasteiger partial charge in [0.05, 0.1) is 21.7 Å². The van der Waals surface area contributed by atoms with Crippen molar-refractivity contribution < 1.29 is 17.9 Å². The number of carbonyl (C=O) groups is 1. The number of benzene rings is 1. The van der Waals surface area contributed by atoms with Gasteiger partial charge in [-0.15, -0.1) is 0 Å². The Labute approximate surface area is 137 Å². The van der Waals surface area contributed by atoms with Crippen LogP contribution < -0.4 is 0 Å². The van der Waals surface area contributed by atoms with Crippen molar-refractivity contribution >= 4 is 48.8 Å². The van der Waals surface area contributed by atoms with Crippen LogP contribution in [-0.4, -0.2) is 45.5 Å². The summed E-state index contributed by atoms with van der Waals surface area (Å²) in [5.74, 6) is -0.438. The molecule has 0 bridgehead atoms. The summed E-state index contributed by atoms with van der Waals surface area (Å²) in [5.41, 5.74) is -0.0585. The lowest BCUT2D eigenvalue weighted by Crippen LogP contribution is -2.30. The number of amides is 1. The van der Waals surface area contributed by atoms with Gasteiger partial charge in [-0.05, 0) is 18.6 Å². The van der Waals surface area contributed by atoms with E-state index < -0.39 is 15.0 Å². The van der Waals surface area contributed by atoms with Crippen molar-refractivity contribution in [3.63, 3.8) is 0 Å². The van der Waals surface area contributed by atoms with Crippen molar-refractivity contribution in [2.75, 3.05) is 20.2 Å². The second-order valence-corrected chi connectivity index (χ2v) is 7.89. The third-order valence-corrected chi connectivity index (χ3v) is 5.48. The average Bonchev–Trinajstić information content (AvgIpc) is 2.85. The minimum absolute atomic E-state index is 0.0496. The number of halogens is 3. The predicted molar refractivity (Wildman–Crippen MR) is 80.8 cm³/mol. The second kappa shape index (κ2) is 6.30. The molecule has 9 heteroatoms. The maximum absolute atomic E-state index is 12.5. The average molecular weight is 373 g/mol. The molecule has 1 fully saturated rings. The minimum atomic E-state index is -4.06. The van der Waals surface area contributed by atoms with E-state index in [4.69, 9.17) is 38.6 Å². The summed E-state index contributed by atoms with van der Waals surface area (Å²) in [6.45, 7) is 0.891. The normalized spacial score (nSPS) is 19.0. The monoisotopic (exact) mass is 371 g/mol. The molecule has 1 amide bonds. The van der Waals surface area contributed by atoms with E-state index >= 15 is 0 Å². The third-order valence-electron chi connectivity index (χ3n) is 3.30. The number of rotatable bonds is 3. The van der Waals surface area contributed by atoms with E-state index in [9.17, 15) is 13.2 Å². The van der Waals surface area contributed by atoms with E-state index in [-0.39, 0.29) is 26.6 Å². The zero-order valence-electron chi connectivity index (χ0n) is 11.0. The maximum Gasteiger partial charge on any atom is 0.262 e. The quantitative estimate of drug-likeness (QED) is 0.765. The molecule has 1 unspecified atom stereocenters. The Bertz CT molecular complexity index is 677. The molecule has 0 saturated carbocycles. The zero-order valence-corrected chi connectivity index (χ0v) is 14.1. The molecule has 1 saturated heterocycles. The summed E-state index contributed by atoms with van der Waals surface area (Å²) >= 11 is 12.0. The van der Waals surface area contributed by atoms with Crippen molar-refractivity contribution in [1.82, 2.24) is 4.90 Å². The van der Waals surface area contributed by atoms with Crippen LogP contribution in [0.2, 0.25) is 10.0 Å². The molecule has 0 aromatic heterocycles. The lowest BCUT2D eigenvalue weighted by atomic mass is 10.2. The van der Waals surface area contributed by atoms with Gasteiger partial charge in [-0.3, -0.25) is 4.79 Å². The fourth-order valence-electron chi connectivity index (χ4n) is 2.18. The molecule has 1 aliphatic rings. The smallest absolute Gasteiger partial charge is 0.262 e. The number of methoxy groups -OCH3 is 1. The molecule has 1 aliphatic heterocycles. The highest BCUT2D eigenvalue weighted by Gasteiger charge is 2.31. The van der Waals surface area contributed by atoms with E-state index in [1.54, 1.807) is 7.11 Å². The summed E-state index contributed by atoms with van der Waals surface area (Å²) in [4.78, 5) is 13.7. The largest absolute Gasteiger partial charge is 0.380 e. The van der Waals surface area contributed by atoms with Gasteiger partial charge >= 0.3 is 0 Å². The molecule has 0 N–H and O–H groups in total. The maximum atomic E-state index is 12.5. The first-order valence-corrected chi connectivity index (χ1v) is 9.07. The van der Waals surface area contributed by atoms with Gasteiger partial charge in [0.15, 0.2) is 0 Å². The molecule has 2 rings (SSSR count). The number of carbonyl (C=O) groups excluding carboxylic acids is 1. The third kappa shape index (κ3) is 3.46. The van der Waals surface area contributed by atoms with Crippen molar-refractivity contribution in [3.8, 4) is 0 Å².